The van der Waals surface area contributed by atoms with Gasteiger partial charge in [-0.25, -0.2) is 9.97 Å². The second-order valence-electron chi connectivity index (χ2n) is 7.79. The maximum Gasteiger partial charge on any atom is 0.231 e. The lowest BCUT2D eigenvalue weighted by molar-refractivity contribution is -0.120. The summed E-state index contributed by atoms with van der Waals surface area (Å²) in [5.74, 6) is 2.93. The summed E-state index contributed by atoms with van der Waals surface area (Å²) in [7, 11) is 0. The van der Waals surface area contributed by atoms with Crippen molar-refractivity contribution in [3.63, 3.8) is 0 Å². The fraction of sp³-hybridized carbons (Fsp3) is 0.409. The largest absolute Gasteiger partial charge is 0.486 e. The molecule has 156 valence electrons. The summed E-state index contributed by atoms with van der Waals surface area (Å²) in [5.41, 5.74) is 2.36. The van der Waals surface area contributed by atoms with Crippen LogP contribution in [0.3, 0.4) is 0 Å². The van der Waals surface area contributed by atoms with Gasteiger partial charge >= 0.3 is 0 Å². The molecule has 0 bridgehead atoms. The first-order valence-corrected chi connectivity index (χ1v) is 10.3. The van der Waals surface area contributed by atoms with Gasteiger partial charge in [-0.1, -0.05) is 0 Å². The van der Waals surface area contributed by atoms with E-state index in [1.165, 1.54) is 6.33 Å². The number of anilines is 2. The Morgan fingerprint density at radius 3 is 2.87 bits per heavy atom. The highest BCUT2D eigenvalue weighted by molar-refractivity contribution is 5.94. The van der Waals surface area contributed by atoms with Gasteiger partial charge in [0.25, 0.3) is 0 Å². The second-order valence-corrected chi connectivity index (χ2v) is 7.79. The van der Waals surface area contributed by atoms with Crippen molar-refractivity contribution in [2.75, 3.05) is 36.5 Å². The number of carbonyl (C=O) groups excluding carboxylic acids is 1. The van der Waals surface area contributed by atoms with E-state index in [2.05, 4.69) is 20.2 Å². The zero-order valence-electron chi connectivity index (χ0n) is 17.1. The third-order valence-electron chi connectivity index (χ3n) is 5.85. The first-order chi connectivity index (χ1) is 14.6. The Balaban J connectivity index is 1.34. The lowest BCUT2D eigenvalue weighted by atomic mass is 9.96. The van der Waals surface area contributed by atoms with Crippen molar-refractivity contribution in [3.05, 3.63) is 35.9 Å². The van der Waals surface area contributed by atoms with E-state index in [0.29, 0.717) is 42.7 Å². The highest BCUT2D eigenvalue weighted by atomic mass is 16.6. The molecule has 0 aliphatic carbocycles. The molecule has 1 amide bonds. The van der Waals surface area contributed by atoms with Crippen LogP contribution in [0.4, 0.5) is 11.5 Å². The number of aryl methyl sites for hydroxylation is 2. The van der Waals surface area contributed by atoms with Crippen molar-refractivity contribution in [2.45, 2.75) is 26.7 Å². The Labute approximate surface area is 174 Å². The Morgan fingerprint density at radius 2 is 2.00 bits per heavy atom. The quantitative estimate of drug-likeness (QED) is 0.710. The van der Waals surface area contributed by atoms with Crippen LogP contribution in [0, 0.1) is 19.8 Å². The van der Waals surface area contributed by atoms with Crippen LogP contribution in [0.2, 0.25) is 0 Å². The number of fused-ring (bicyclic) bond motifs is 2. The highest BCUT2D eigenvalue weighted by Crippen LogP contribution is 2.34. The van der Waals surface area contributed by atoms with E-state index < -0.39 is 0 Å². The van der Waals surface area contributed by atoms with E-state index in [0.717, 1.165) is 41.9 Å². The number of aromatic nitrogens is 2. The molecule has 30 heavy (non-hydrogen) atoms. The van der Waals surface area contributed by atoms with Crippen molar-refractivity contribution >= 4 is 28.5 Å². The number of hydrogen-bond acceptors (Lipinski definition) is 7. The van der Waals surface area contributed by atoms with Crippen LogP contribution in [0.5, 0.6) is 11.5 Å². The molecule has 8 nitrogen and oxygen atoms in total. The molecule has 3 aromatic rings. The van der Waals surface area contributed by atoms with Crippen molar-refractivity contribution in [2.24, 2.45) is 5.92 Å². The molecule has 2 aliphatic rings. The smallest absolute Gasteiger partial charge is 0.231 e. The molecule has 2 aromatic heterocycles. The topological polar surface area (TPSA) is 89.7 Å². The van der Waals surface area contributed by atoms with Gasteiger partial charge in [0.1, 0.15) is 31.1 Å². The molecular weight excluding hydrogens is 384 g/mol. The van der Waals surface area contributed by atoms with E-state index in [9.17, 15) is 4.79 Å². The molecular formula is C22H24N4O4. The molecule has 0 spiro atoms. The van der Waals surface area contributed by atoms with Crippen LogP contribution in [-0.2, 0) is 4.79 Å². The molecule has 4 heterocycles. The zero-order valence-corrected chi connectivity index (χ0v) is 17.1. The van der Waals surface area contributed by atoms with Crippen molar-refractivity contribution < 1.29 is 18.7 Å². The van der Waals surface area contributed by atoms with Gasteiger partial charge < -0.3 is 24.1 Å². The summed E-state index contributed by atoms with van der Waals surface area (Å²) >= 11 is 0. The molecule has 1 saturated heterocycles. The predicted octanol–water partition coefficient (Wildman–Crippen LogP) is 3.47. The number of ether oxygens (including phenoxy) is 2. The first-order valence-electron chi connectivity index (χ1n) is 10.3. The van der Waals surface area contributed by atoms with Crippen LogP contribution in [0.15, 0.2) is 28.9 Å². The van der Waals surface area contributed by atoms with E-state index in [1.54, 1.807) is 0 Å². The van der Waals surface area contributed by atoms with Crippen LogP contribution in [0.1, 0.15) is 24.2 Å². The normalized spacial score (nSPS) is 18.5. The number of benzene rings is 1. The van der Waals surface area contributed by atoms with Gasteiger partial charge in [0.05, 0.1) is 11.3 Å². The molecule has 2 aliphatic heterocycles. The number of carbonyl (C=O) groups is 1. The van der Waals surface area contributed by atoms with Gasteiger partial charge in [0, 0.05) is 30.4 Å². The van der Waals surface area contributed by atoms with E-state index in [-0.39, 0.29) is 11.8 Å². The van der Waals surface area contributed by atoms with Crippen LogP contribution in [0.25, 0.3) is 11.1 Å². The minimum Gasteiger partial charge on any atom is -0.486 e. The van der Waals surface area contributed by atoms with Gasteiger partial charge in [-0.05, 0) is 38.8 Å². The third kappa shape index (κ3) is 3.32. The number of furan rings is 1. The Hall–Kier alpha value is -3.29. The van der Waals surface area contributed by atoms with Crippen molar-refractivity contribution in [1.29, 1.82) is 0 Å². The lowest BCUT2D eigenvalue weighted by Crippen LogP contribution is -2.41. The molecule has 5 rings (SSSR count). The monoisotopic (exact) mass is 408 g/mol. The van der Waals surface area contributed by atoms with E-state index >= 15 is 0 Å². The van der Waals surface area contributed by atoms with E-state index in [1.807, 2.05) is 32.0 Å². The SMILES string of the molecule is Cc1oc2ncnc(N3CCCC(C(=O)Nc4ccc5c(c4)OCCO5)C3)c2c1C. The number of piperidine rings is 1. The number of nitrogens with zero attached hydrogens (tertiary/aromatic N) is 3. The molecule has 8 heteroatoms. The number of nitrogens with one attached hydrogen (secondary N) is 1. The standard InChI is InChI=1S/C22H24N4O4/c1-13-14(2)30-22-19(13)20(23-12-24-22)26-7-3-4-15(11-26)21(27)25-16-5-6-17-18(10-16)29-9-8-28-17/h5-6,10,12,15H,3-4,7-9,11H2,1-2H3,(H,25,27). The summed E-state index contributed by atoms with van der Waals surface area (Å²) in [5, 5.41) is 3.97. The Bertz CT molecular complexity index is 1110. The van der Waals surface area contributed by atoms with Gasteiger partial charge in [-0.2, -0.15) is 0 Å². The summed E-state index contributed by atoms with van der Waals surface area (Å²) < 4.78 is 16.9. The average Bonchev–Trinajstić information content (AvgIpc) is 3.07. The summed E-state index contributed by atoms with van der Waals surface area (Å²) in [6, 6.07) is 5.50. The third-order valence-corrected chi connectivity index (χ3v) is 5.85. The van der Waals surface area contributed by atoms with Gasteiger partial charge in [-0.15, -0.1) is 0 Å². The minimum atomic E-state index is -0.134. The number of rotatable bonds is 3. The molecule has 0 saturated carbocycles. The van der Waals surface area contributed by atoms with Crippen LogP contribution in [-0.4, -0.2) is 42.2 Å². The van der Waals surface area contributed by atoms with Gasteiger partial charge in [-0.3, -0.25) is 4.79 Å². The molecule has 1 unspecified atom stereocenters. The fourth-order valence-electron chi connectivity index (χ4n) is 4.15. The molecule has 1 N–H and O–H groups in total. The average molecular weight is 408 g/mol. The van der Waals surface area contributed by atoms with Crippen LogP contribution >= 0.6 is 0 Å². The number of hydrogen-bond donors (Lipinski definition) is 1. The first kappa shape index (κ1) is 18.7. The van der Waals surface area contributed by atoms with Gasteiger partial charge in [0.2, 0.25) is 11.6 Å². The maximum absolute atomic E-state index is 13.0. The predicted molar refractivity (Wildman–Crippen MR) is 112 cm³/mol. The van der Waals surface area contributed by atoms with E-state index in [4.69, 9.17) is 13.9 Å². The Kier molecular flexibility index (Phi) is 4.69. The number of amides is 1. The maximum atomic E-state index is 13.0. The Morgan fingerprint density at radius 1 is 1.17 bits per heavy atom. The van der Waals surface area contributed by atoms with Crippen molar-refractivity contribution in [1.82, 2.24) is 9.97 Å². The molecule has 0 radical (unpaired) electrons. The van der Waals surface area contributed by atoms with Crippen molar-refractivity contribution in [3.8, 4) is 11.5 Å². The second kappa shape index (κ2) is 7.51. The summed E-state index contributed by atoms with van der Waals surface area (Å²) in [4.78, 5) is 23.9. The molecule has 1 aromatic carbocycles. The zero-order chi connectivity index (χ0) is 20.7. The lowest BCUT2D eigenvalue weighted by Gasteiger charge is -2.33. The highest BCUT2D eigenvalue weighted by Gasteiger charge is 2.29. The molecule has 1 atom stereocenters. The fourth-order valence-corrected chi connectivity index (χ4v) is 4.15. The minimum absolute atomic E-state index is 0.00164. The summed E-state index contributed by atoms with van der Waals surface area (Å²) in [6.45, 7) is 6.46. The summed E-state index contributed by atoms with van der Waals surface area (Å²) in [6.07, 6.45) is 3.28. The van der Waals surface area contributed by atoms with Crippen LogP contribution < -0.4 is 19.7 Å². The van der Waals surface area contributed by atoms with Gasteiger partial charge in [0.15, 0.2) is 11.5 Å². The molecule has 1 fully saturated rings.